The fraction of sp³-hybridized carbons (Fsp3) is 0.250. The van der Waals surface area contributed by atoms with Gasteiger partial charge in [-0.3, -0.25) is 4.79 Å². The van der Waals surface area contributed by atoms with E-state index in [1.54, 1.807) is 12.1 Å². The first-order chi connectivity index (χ1) is 16.3. The molecule has 0 unspecified atom stereocenters. The third kappa shape index (κ3) is 5.23. The van der Waals surface area contributed by atoms with Gasteiger partial charge in [-0.15, -0.1) is 0 Å². The van der Waals surface area contributed by atoms with Crippen LogP contribution >= 0.6 is 24.0 Å². The number of carboxylic acid groups (broad SMARTS) is 1. The van der Waals surface area contributed by atoms with Crippen LogP contribution in [0.4, 0.5) is 5.69 Å². The van der Waals surface area contributed by atoms with Gasteiger partial charge in [-0.25, -0.2) is 4.79 Å². The molecule has 1 heterocycles. The van der Waals surface area contributed by atoms with Crippen LogP contribution in [0.5, 0.6) is 11.5 Å². The SMILES string of the molecule is CCN(CC)c1ccc(/C=C2/SC(=S)N(/N=C/c3ccc(OC)c(OC)c3C(=O)O)C2=O)cc1. The van der Waals surface area contributed by atoms with Gasteiger partial charge in [-0.05, 0) is 62.0 Å². The number of thioether (sulfide) groups is 1. The van der Waals surface area contributed by atoms with Gasteiger partial charge >= 0.3 is 5.97 Å². The number of amides is 1. The van der Waals surface area contributed by atoms with Crippen LogP contribution in [-0.2, 0) is 4.79 Å². The van der Waals surface area contributed by atoms with E-state index >= 15 is 0 Å². The Balaban J connectivity index is 1.85. The largest absolute Gasteiger partial charge is 0.493 e. The molecule has 8 nitrogen and oxygen atoms in total. The van der Waals surface area contributed by atoms with E-state index in [4.69, 9.17) is 21.7 Å². The van der Waals surface area contributed by atoms with Gasteiger partial charge in [0.05, 0.1) is 25.3 Å². The summed E-state index contributed by atoms with van der Waals surface area (Å²) in [5.41, 5.74) is 2.10. The standard InChI is InChI=1S/C24H25N3O5S2/c1-5-26(6-2)17-10-7-15(8-11-17)13-19-22(28)27(24(33)34-19)25-14-16-9-12-18(31-3)21(32-4)20(16)23(29)30/h7-14H,5-6H2,1-4H3,(H,29,30)/b19-13+,25-14+. The molecule has 0 aliphatic carbocycles. The number of hydrazone groups is 1. The number of methoxy groups -OCH3 is 2. The first-order valence-corrected chi connectivity index (χ1v) is 11.7. The van der Waals surface area contributed by atoms with Crippen molar-refractivity contribution in [3.8, 4) is 11.5 Å². The molecule has 178 valence electrons. The number of hydrogen-bond donors (Lipinski definition) is 1. The van der Waals surface area contributed by atoms with Gasteiger partial charge in [0.1, 0.15) is 5.56 Å². The maximum absolute atomic E-state index is 12.9. The van der Waals surface area contributed by atoms with Crippen molar-refractivity contribution in [3.63, 3.8) is 0 Å². The molecular formula is C24H25N3O5S2. The number of carboxylic acids is 1. The van der Waals surface area contributed by atoms with Crippen LogP contribution in [0, 0.1) is 0 Å². The average molecular weight is 500 g/mol. The van der Waals surface area contributed by atoms with Crippen LogP contribution in [0.25, 0.3) is 6.08 Å². The molecule has 10 heteroatoms. The molecule has 34 heavy (non-hydrogen) atoms. The van der Waals surface area contributed by atoms with Crippen molar-refractivity contribution in [2.24, 2.45) is 5.10 Å². The molecule has 2 aromatic rings. The summed E-state index contributed by atoms with van der Waals surface area (Å²) in [6.07, 6.45) is 3.04. The Hall–Kier alpha value is -3.37. The highest BCUT2D eigenvalue weighted by Crippen LogP contribution is 2.35. The number of thiocarbonyl (C=S) groups is 1. The maximum atomic E-state index is 12.9. The van der Waals surface area contributed by atoms with E-state index in [1.807, 2.05) is 24.3 Å². The molecule has 0 saturated carbocycles. The average Bonchev–Trinajstić information content (AvgIpc) is 3.10. The van der Waals surface area contributed by atoms with E-state index in [1.165, 1.54) is 26.5 Å². The number of anilines is 1. The lowest BCUT2D eigenvalue weighted by Crippen LogP contribution is -2.22. The summed E-state index contributed by atoms with van der Waals surface area (Å²) in [7, 11) is 2.77. The lowest BCUT2D eigenvalue weighted by molar-refractivity contribution is -0.122. The zero-order valence-corrected chi connectivity index (χ0v) is 20.9. The second kappa shape index (κ2) is 11.2. The summed E-state index contributed by atoms with van der Waals surface area (Å²) in [5, 5.41) is 14.9. The summed E-state index contributed by atoms with van der Waals surface area (Å²) in [4.78, 5) is 27.4. The minimum atomic E-state index is -1.21. The normalized spacial score (nSPS) is 14.8. The van der Waals surface area contributed by atoms with Gasteiger partial charge in [0, 0.05) is 24.3 Å². The number of hydrogen-bond acceptors (Lipinski definition) is 8. The molecular weight excluding hydrogens is 474 g/mol. The van der Waals surface area contributed by atoms with Crippen molar-refractivity contribution in [1.29, 1.82) is 0 Å². The molecule has 2 aromatic carbocycles. The van der Waals surface area contributed by atoms with Crippen LogP contribution in [0.3, 0.4) is 0 Å². The van der Waals surface area contributed by atoms with E-state index in [0.717, 1.165) is 41.1 Å². The van der Waals surface area contributed by atoms with Crippen molar-refractivity contribution < 1.29 is 24.2 Å². The third-order valence-corrected chi connectivity index (χ3v) is 6.48. The van der Waals surface area contributed by atoms with Crippen LogP contribution in [0.1, 0.15) is 35.3 Å². The number of benzene rings is 2. The monoisotopic (exact) mass is 499 g/mol. The molecule has 0 atom stereocenters. The Labute approximate surface area is 207 Å². The summed E-state index contributed by atoms with van der Waals surface area (Å²) >= 11 is 6.47. The van der Waals surface area contributed by atoms with E-state index in [2.05, 4.69) is 23.8 Å². The minimum absolute atomic E-state index is 0.0670. The highest BCUT2D eigenvalue weighted by atomic mass is 32.2. The van der Waals surface area contributed by atoms with E-state index in [-0.39, 0.29) is 32.9 Å². The Bertz CT molecular complexity index is 1160. The number of nitrogens with zero attached hydrogens (tertiary/aromatic N) is 3. The molecule has 0 bridgehead atoms. The second-order valence-electron chi connectivity index (χ2n) is 7.07. The molecule has 0 spiro atoms. The highest BCUT2D eigenvalue weighted by molar-refractivity contribution is 8.26. The Morgan fingerprint density at radius 2 is 1.82 bits per heavy atom. The fourth-order valence-corrected chi connectivity index (χ4v) is 4.64. The number of aromatic carboxylic acids is 1. The van der Waals surface area contributed by atoms with E-state index in [0.29, 0.717) is 4.91 Å². The van der Waals surface area contributed by atoms with Crippen molar-refractivity contribution in [3.05, 3.63) is 58.0 Å². The predicted octanol–water partition coefficient (Wildman–Crippen LogP) is 4.48. The molecule has 1 N–H and O–H groups in total. The van der Waals surface area contributed by atoms with E-state index in [9.17, 15) is 14.7 Å². The molecule has 1 amide bonds. The maximum Gasteiger partial charge on any atom is 0.340 e. The van der Waals surface area contributed by atoms with Crippen LogP contribution < -0.4 is 14.4 Å². The van der Waals surface area contributed by atoms with Gasteiger partial charge in [0.2, 0.25) is 0 Å². The first kappa shape index (κ1) is 25.3. The Kier molecular flexibility index (Phi) is 8.30. The van der Waals surface area contributed by atoms with Gasteiger partial charge in [0.15, 0.2) is 15.8 Å². The van der Waals surface area contributed by atoms with Crippen molar-refractivity contribution in [2.75, 3.05) is 32.2 Å². The summed E-state index contributed by atoms with van der Waals surface area (Å²) in [6.45, 7) is 6.03. The van der Waals surface area contributed by atoms with Gasteiger partial charge in [-0.1, -0.05) is 23.9 Å². The molecule has 1 saturated heterocycles. The van der Waals surface area contributed by atoms with Gasteiger partial charge in [-0.2, -0.15) is 10.1 Å². The highest BCUT2D eigenvalue weighted by Gasteiger charge is 2.32. The van der Waals surface area contributed by atoms with Crippen molar-refractivity contribution >= 4 is 58.2 Å². The van der Waals surface area contributed by atoms with Crippen LogP contribution in [0.2, 0.25) is 0 Å². The van der Waals surface area contributed by atoms with Crippen molar-refractivity contribution in [1.82, 2.24) is 5.01 Å². The van der Waals surface area contributed by atoms with Crippen molar-refractivity contribution in [2.45, 2.75) is 13.8 Å². The number of ether oxygens (including phenoxy) is 2. The quantitative estimate of drug-likeness (QED) is 0.307. The van der Waals surface area contributed by atoms with Gasteiger partial charge in [0.25, 0.3) is 5.91 Å². The molecule has 1 aliphatic heterocycles. The van der Waals surface area contributed by atoms with Crippen LogP contribution in [-0.4, -0.2) is 59.8 Å². The lowest BCUT2D eigenvalue weighted by Gasteiger charge is -2.20. The molecule has 1 aliphatic rings. The second-order valence-corrected chi connectivity index (χ2v) is 8.75. The Morgan fingerprint density at radius 1 is 1.15 bits per heavy atom. The predicted molar refractivity (Wildman–Crippen MR) is 139 cm³/mol. The molecule has 3 rings (SSSR count). The Morgan fingerprint density at radius 3 is 2.38 bits per heavy atom. The van der Waals surface area contributed by atoms with Crippen LogP contribution in [0.15, 0.2) is 46.4 Å². The molecule has 1 fully saturated rings. The first-order valence-electron chi connectivity index (χ1n) is 10.5. The minimum Gasteiger partial charge on any atom is -0.493 e. The number of rotatable bonds is 9. The summed E-state index contributed by atoms with van der Waals surface area (Å²) in [5.74, 6) is -1.25. The lowest BCUT2D eigenvalue weighted by atomic mass is 10.1. The topological polar surface area (TPSA) is 91.7 Å². The van der Waals surface area contributed by atoms with Gasteiger partial charge < -0.3 is 19.5 Å². The number of carbonyl (C=O) groups excluding carboxylic acids is 1. The van der Waals surface area contributed by atoms with E-state index < -0.39 is 5.97 Å². The molecule has 0 aromatic heterocycles. The zero-order valence-electron chi connectivity index (χ0n) is 19.3. The number of carbonyl (C=O) groups is 2. The fourth-order valence-electron chi connectivity index (χ4n) is 3.47. The zero-order chi connectivity index (χ0) is 24.8. The third-order valence-electron chi connectivity index (χ3n) is 5.20. The smallest absolute Gasteiger partial charge is 0.340 e. The summed E-state index contributed by atoms with van der Waals surface area (Å²) < 4.78 is 10.6. The molecule has 0 radical (unpaired) electrons. The summed E-state index contributed by atoms with van der Waals surface area (Å²) in [6, 6.07) is 11.0.